The van der Waals surface area contributed by atoms with Crippen LogP contribution in [0.5, 0.6) is 0 Å². The molecule has 1 aliphatic rings. The van der Waals surface area contributed by atoms with Crippen LogP contribution < -0.4 is 10.6 Å². The summed E-state index contributed by atoms with van der Waals surface area (Å²) >= 11 is 0. The van der Waals surface area contributed by atoms with Gasteiger partial charge in [0.15, 0.2) is 11.5 Å². The maximum absolute atomic E-state index is 12.3. The van der Waals surface area contributed by atoms with Crippen molar-refractivity contribution in [2.75, 3.05) is 6.61 Å². The molecule has 128 valence electrons. The molecule has 4 rings (SSSR count). The fraction of sp³-hybridized carbons (Fsp3) is 0.278. The van der Waals surface area contributed by atoms with Crippen molar-refractivity contribution >= 4 is 11.7 Å². The lowest BCUT2D eigenvalue weighted by Gasteiger charge is -2.20. The van der Waals surface area contributed by atoms with Gasteiger partial charge in [-0.25, -0.2) is 4.79 Å². The van der Waals surface area contributed by atoms with Crippen molar-refractivity contribution in [1.82, 2.24) is 25.2 Å². The number of aromatic nitrogens is 3. The minimum absolute atomic E-state index is 0.0439. The van der Waals surface area contributed by atoms with Gasteiger partial charge < -0.3 is 15.4 Å². The number of nitrogens with zero attached hydrogens (tertiary/aromatic N) is 3. The van der Waals surface area contributed by atoms with Crippen molar-refractivity contribution < 1.29 is 9.53 Å². The number of amides is 2. The van der Waals surface area contributed by atoms with E-state index in [0.29, 0.717) is 19.0 Å². The lowest BCUT2D eigenvalue weighted by atomic mass is 10.0. The molecule has 3 heterocycles. The number of rotatable bonds is 4. The van der Waals surface area contributed by atoms with Gasteiger partial charge in [0.05, 0.1) is 12.6 Å². The van der Waals surface area contributed by atoms with Crippen LogP contribution in [0, 0.1) is 0 Å². The predicted molar refractivity (Wildman–Crippen MR) is 91.9 cm³/mol. The summed E-state index contributed by atoms with van der Waals surface area (Å²) in [5.74, 6) is 0.688. The normalized spacial score (nSPS) is 19.8. The average molecular weight is 337 g/mol. The third-order valence-electron chi connectivity index (χ3n) is 4.33. The van der Waals surface area contributed by atoms with Crippen molar-refractivity contribution in [2.45, 2.75) is 25.1 Å². The highest BCUT2D eigenvalue weighted by atomic mass is 16.5. The van der Waals surface area contributed by atoms with E-state index in [1.807, 2.05) is 59.1 Å². The minimum atomic E-state index is -0.232. The van der Waals surface area contributed by atoms with E-state index in [1.54, 1.807) is 0 Å². The summed E-state index contributed by atoms with van der Waals surface area (Å²) in [6.07, 6.45) is 2.56. The molecule has 0 spiro atoms. The van der Waals surface area contributed by atoms with Crippen molar-refractivity contribution in [2.24, 2.45) is 0 Å². The number of carbonyl (C=O) groups is 1. The van der Waals surface area contributed by atoms with Gasteiger partial charge in [0.1, 0.15) is 6.10 Å². The molecule has 2 N–H and O–H groups in total. The first kappa shape index (κ1) is 15.6. The van der Waals surface area contributed by atoms with Crippen LogP contribution in [0.4, 0.5) is 4.79 Å². The number of benzene rings is 1. The molecule has 0 bridgehead atoms. The van der Waals surface area contributed by atoms with Crippen LogP contribution in [0.15, 0.2) is 54.7 Å². The SMILES string of the molecule is O=C(NCc1nnc2ccccn12)N[C@@H]1CCO[C@H]1c1ccccc1. The van der Waals surface area contributed by atoms with Gasteiger partial charge in [-0.3, -0.25) is 4.40 Å². The van der Waals surface area contributed by atoms with Crippen molar-refractivity contribution in [3.63, 3.8) is 0 Å². The molecule has 0 unspecified atom stereocenters. The minimum Gasteiger partial charge on any atom is -0.371 e. The van der Waals surface area contributed by atoms with Gasteiger partial charge in [-0.2, -0.15) is 0 Å². The lowest BCUT2D eigenvalue weighted by molar-refractivity contribution is 0.0999. The van der Waals surface area contributed by atoms with E-state index in [9.17, 15) is 4.79 Å². The molecular formula is C18H19N5O2. The van der Waals surface area contributed by atoms with Crippen LogP contribution in [-0.4, -0.2) is 33.3 Å². The molecule has 2 amide bonds. The van der Waals surface area contributed by atoms with Crippen LogP contribution in [0.25, 0.3) is 5.65 Å². The first-order valence-electron chi connectivity index (χ1n) is 8.31. The monoisotopic (exact) mass is 337 g/mol. The summed E-state index contributed by atoms with van der Waals surface area (Å²) < 4.78 is 7.64. The fourth-order valence-electron chi connectivity index (χ4n) is 3.10. The third-order valence-corrected chi connectivity index (χ3v) is 4.33. The van der Waals surface area contributed by atoms with Gasteiger partial charge in [-0.1, -0.05) is 36.4 Å². The maximum atomic E-state index is 12.3. The smallest absolute Gasteiger partial charge is 0.315 e. The third kappa shape index (κ3) is 3.32. The van der Waals surface area contributed by atoms with E-state index in [-0.39, 0.29) is 18.2 Å². The summed E-state index contributed by atoms with van der Waals surface area (Å²) in [6.45, 7) is 0.944. The molecule has 1 aliphatic heterocycles. The second-order valence-electron chi connectivity index (χ2n) is 5.97. The quantitative estimate of drug-likeness (QED) is 0.764. The number of hydrogen-bond acceptors (Lipinski definition) is 4. The summed E-state index contributed by atoms with van der Waals surface area (Å²) in [5.41, 5.74) is 1.83. The van der Waals surface area contributed by atoms with Crippen LogP contribution in [0.3, 0.4) is 0 Å². The summed E-state index contributed by atoms with van der Waals surface area (Å²) in [6, 6.07) is 15.4. The summed E-state index contributed by atoms with van der Waals surface area (Å²) in [4.78, 5) is 12.3. The molecular weight excluding hydrogens is 318 g/mol. The second kappa shape index (κ2) is 6.90. The number of pyridine rings is 1. The van der Waals surface area contributed by atoms with Gasteiger partial charge >= 0.3 is 6.03 Å². The van der Waals surface area contributed by atoms with E-state index < -0.39 is 0 Å². The molecule has 1 saturated heterocycles. The lowest BCUT2D eigenvalue weighted by Crippen LogP contribution is -2.43. The number of carbonyl (C=O) groups excluding carboxylic acids is 1. The van der Waals surface area contributed by atoms with E-state index in [4.69, 9.17) is 4.74 Å². The Balaban J connectivity index is 1.37. The summed E-state index contributed by atoms with van der Waals surface area (Å²) in [5, 5.41) is 14.0. The Bertz CT molecular complexity index is 864. The van der Waals surface area contributed by atoms with E-state index in [0.717, 1.165) is 17.6 Å². The zero-order chi connectivity index (χ0) is 17.1. The molecule has 25 heavy (non-hydrogen) atoms. The Hall–Kier alpha value is -2.93. The molecule has 1 fully saturated rings. The summed E-state index contributed by atoms with van der Waals surface area (Å²) in [7, 11) is 0. The average Bonchev–Trinajstić information content (AvgIpc) is 3.27. The highest BCUT2D eigenvalue weighted by Gasteiger charge is 2.30. The topological polar surface area (TPSA) is 80.6 Å². The van der Waals surface area contributed by atoms with E-state index in [1.165, 1.54) is 0 Å². The first-order chi connectivity index (χ1) is 12.3. The predicted octanol–water partition coefficient (Wildman–Crippen LogP) is 2.06. The molecule has 2 aromatic heterocycles. The Kier molecular flexibility index (Phi) is 4.30. The van der Waals surface area contributed by atoms with Gasteiger partial charge in [-0.05, 0) is 24.1 Å². The highest BCUT2D eigenvalue weighted by Crippen LogP contribution is 2.28. The number of ether oxygens (including phenoxy) is 1. The van der Waals surface area contributed by atoms with Crippen LogP contribution >= 0.6 is 0 Å². The van der Waals surface area contributed by atoms with Gasteiger partial charge in [0.25, 0.3) is 0 Å². The number of urea groups is 1. The van der Waals surface area contributed by atoms with E-state index in [2.05, 4.69) is 20.8 Å². The second-order valence-corrected chi connectivity index (χ2v) is 5.97. The molecule has 7 nitrogen and oxygen atoms in total. The zero-order valence-electron chi connectivity index (χ0n) is 13.6. The largest absolute Gasteiger partial charge is 0.371 e. The zero-order valence-corrected chi connectivity index (χ0v) is 13.6. The molecule has 1 aromatic carbocycles. The molecule has 2 atom stereocenters. The van der Waals surface area contributed by atoms with Gasteiger partial charge in [-0.15, -0.1) is 10.2 Å². The van der Waals surface area contributed by atoms with Crippen molar-refractivity contribution in [1.29, 1.82) is 0 Å². The molecule has 7 heteroatoms. The Morgan fingerprint density at radius 2 is 2.00 bits per heavy atom. The highest BCUT2D eigenvalue weighted by molar-refractivity contribution is 5.74. The standard InChI is InChI=1S/C18H19N5O2/c24-18(19-12-16-22-21-15-8-4-5-10-23(15)16)20-14-9-11-25-17(14)13-6-2-1-3-7-13/h1-8,10,14,17H,9,11-12H2,(H2,19,20,24)/t14-,17+/m1/s1. The van der Waals surface area contributed by atoms with Gasteiger partial charge in [0.2, 0.25) is 0 Å². The molecule has 0 radical (unpaired) electrons. The Morgan fingerprint density at radius 1 is 1.16 bits per heavy atom. The van der Waals surface area contributed by atoms with Crippen molar-refractivity contribution in [3.8, 4) is 0 Å². The first-order valence-corrected chi connectivity index (χ1v) is 8.31. The maximum Gasteiger partial charge on any atom is 0.315 e. The molecule has 3 aromatic rings. The molecule has 0 aliphatic carbocycles. The fourth-order valence-corrected chi connectivity index (χ4v) is 3.10. The van der Waals surface area contributed by atoms with Crippen LogP contribution in [0.1, 0.15) is 23.9 Å². The van der Waals surface area contributed by atoms with Gasteiger partial charge in [0, 0.05) is 12.8 Å². The van der Waals surface area contributed by atoms with E-state index >= 15 is 0 Å². The molecule has 0 saturated carbocycles. The van der Waals surface area contributed by atoms with Crippen LogP contribution in [0.2, 0.25) is 0 Å². The number of fused-ring (bicyclic) bond motifs is 1. The van der Waals surface area contributed by atoms with Crippen molar-refractivity contribution in [3.05, 3.63) is 66.1 Å². The number of nitrogens with one attached hydrogen (secondary N) is 2. The number of hydrogen-bond donors (Lipinski definition) is 2. The Labute approximate surface area is 145 Å². The van der Waals surface area contributed by atoms with Crippen LogP contribution in [-0.2, 0) is 11.3 Å². The Morgan fingerprint density at radius 3 is 2.88 bits per heavy atom.